The van der Waals surface area contributed by atoms with Gasteiger partial charge < -0.3 is 5.32 Å². The zero-order valence-electron chi connectivity index (χ0n) is 11.2. The molecule has 1 heterocycles. The Morgan fingerprint density at radius 1 is 1.20 bits per heavy atom. The summed E-state index contributed by atoms with van der Waals surface area (Å²) >= 11 is 7.77. The predicted molar refractivity (Wildman–Crippen MR) is 88.0 cm³/mol. The monoisotopic (exact) mass is 302 g/mol. The Kier molecular flexibility index (Phi) is 3.90. The highest BCUT2D eigenvalue weighted by Crippen LogP contribution is 2.31. The second-order valence-corrected chi connectivity index (χ2v) is 6.18. The molecule has 4 heteroatoms. The van der Waals surface area contributed by atoms with Gasteiger partial charge in [0.1, 0.15) is 0 Å². The summed E-state index contributed by atoms with van der Waals surface area (Å²) in [6, 6.07) is 14.4. The van der Waals surface area contributed by atoms with Crippen LogP contribution >= 0.6 is 22.9 Å². The number of benzene rings is 2. The summed E-state index contributed by atoms with van der Waals surface area (Å²) in [5.41, 5.74) is 3.60. The number of halogens is 1. The van der Waals surface area contributed by atoms with Crippen molar-refractivity contribution in [1.82, 2.24) is 4.98 Å². The number of hydrogen-bond donors (Lipinski definition) is 1. The molecule has 3 aromatic rings. The van der Waals surface area contributed by atoms with Gasteiger partial charge in [0, 0.05) is 6.54 Å². The fourth-order valence-corrected chi connectivity index (χ4v) is 3.35. The van der Waals surface area contributed by atoms with E-state index in [0.29, 0.717) is 0 Å². The van der Waals surface area contributed by atoms with E-state index in [0.717, 1.165) is 33.3 Å². The standard InChI is InChI=1S/C16H15ClN2S/c1-11-4-2-5-12(10-11)8-9-18-16-19-14-7-3-6-13(17)15(14)20-16/h2-7,10H,8-9H2,1H3,(H,18,19). The summed E-state index contributed by atoms with van der Waals surface area (Å²) in [4.78, 5) is 4.55. The summed E-state index contributed by atoms with van der Waals surface area (Å²) in [6.45, 7) is 2.99. The van der Waals surface area contributed by atoms with E-state index in [2.05, 4.69) is 41.5 Å². The zero-order valence-corrected chi connectivity index (χ0v) is 12.8. The first-order valence-corrected chi connectivity index (χ1v) is 7.76. The molecule has 1 aromatic heterocycles. The van der Waals surface area contributed by atoms with E-state index < -0.39 is 0 Å². The van der Waals surface area contributed by atoms with Crippen molar-refractivity contribution in [3.8, 4) is 0 Å². The molecule has 0 aliphatic carbocycles. The van der Waals surface area contributed by atoms with Gasteiger partial charge >= 0.3 is 0 Å². The van der Waals surface area contributed by atoms with Gasteiger partial charge in [-0.3, -0.25) is 0 Å². The highest BCUT2D eigenvalue weighted by Gasteiger charge is 2.06. The summed E-state index contributed by atoms with van der Waals surface area (Å²) in [6.07, 6.45) is 0.991. The number of fused-ring (bicyclic) bond motifs is 1. The molecule has 1 N–H and O–H groups in total. The highest BCUT2D eigenvalue weighted by molar-refractivity contribution is 7.22. The van der Waals surface area contributed by atoms with Crippen molar-refractivity contribution in [3.63, 3.8) is 0 Å². The molecule has 0 aliphatic rings. The lowest BCUT2D eigenvalue weighted by Gasteiger charge is -2.03. The van der Waals surface area contributed by atoms with E-state index in [1.807, 2.05) is 18.2 Å². The van der Waals surface area contributed by atoms with Crippen molar-refractivity contribution in [2.75, 3.05) is 11.9 Å². The first-order chi connectivity index (χ1) is 9.72. The largest absolute Gasteiger partial charge is 0.361 e. The molecule has 20 heavy (non-hydrogen) atoms. The molecule has 0 aliphatic heterocycles. The van der Waals surface area contributed by atoms with Crippen LogP contribution in [0.2, 0.25) is 5.02 Å². The smallest absolute Gasteiger partial charge is 0.183 e. The molecule has 0 amide bonds. The highest BCUT2D eigenvalue weighted by atomic mass is 35.5. The minimum atomic E-state index is 0.770. The van der Waals surface area contributed by atoms with E-state index in [1.54, 1.807) is 11.3 Å². The number of nitrogens with one attached hydrogen (secondary N) is 1. The van der Waals surface area contributed by atoms with Crippen LogP contribution in [0.4, 0.5) is 5.13 Å². The van der Waals surface area contributed by atoms with Crippen LogP contribution in [0.5, 0.6) is 0 Å². The van der Waals surface area contributed by atoms with Gasteiger partial charge in [-0.25, -0.2) is 4.98 Å². The Morgan fingerprint density at radius 3 is 2.85 bits per heavy atom. The molecule has 0 unspecified atom stereocenters. The van der Waals surface area contributed by atoms with Crippen LogP contribution in [0, 0.1) is 6.92 Å². The van der Waals surface area contributed by atoms with E-state index in [-0.39, 0.29) is 0 Å². The molecule has 0 saturated carbocycles. The molecule has 0 bridgehead atoms. The molecule has 102 valence electrons. The third kappa shape index (κ3) is 2.94. The first-order valence-electron chi connectivity index (χ1n) is 6.57. The lowest BCUT2D eigenvalue weighted by atomic mass is 10.1. The topological polar surface area (TPSA) is 24.9 Å². The Balaban J connectivity index is 1.67. The number of rotatable bonds is 4. The summed E-state index contributed by atoms with van der Waals surface area (Å²) in [5.74, 6) is 0. The maximum atomic E-state index is 6.16. The Bertz CT molecular complexity index is 736. The van der Waals surface area contributed by atoms with Crippen LogP contribution < -0.4 is 5.32 Å². The van der Waals surface area contributed by atoms with Crippen LogP contribution in [-0.2, 0) is 6.42 Å². The van der Waals surface area contributed by atoms with Crippen LogP contribution in [0.25, 0.3) is 10.2 Å². The zero-order chi connectivity index (χ0) is 13.9. The van der Waals surface area contributed by atoms with Crippen molar-refractivity contribution in [3.05, 3.63) is 58.6 Å². The molecule has 0 fully saturated rings. The maximum Gasteiger partial charge on any atom is 0.183 e. The molecule has 3 rings (SSSR count). The summed E-state index contributed by atoms with van der Waals surface area (Å²) in [7, 11) is 0. The summed E-state index contributed by atoms with van der Waals surface area (Å²) < 4.78 is 1.05. The van der Waals surface area contributed by atoms with E-state index in [4.69, 9.17) is 11.6 Å². The molecule has 0 spiro atoms. The lowest BCUT2D eigenvalue weighted by molar-refractivity contribution is 1.01. The van der Waals surface area contributed by atoms with E-state index in [1.165, 1.54) is 11.1 Å². The Labute approximate surface area is 127 Å². The fraction of sp³-hybridized carbons (Fsp3) is 0.188. The SMILES string of the molecule is Cc1cccc(CCNc2nc3cccc(Cl)c3s2)c1. The second kappa shape index (κ2) is 5.81. The van der Waals surface area contributed by atoms with Crippen LogP contribution in [0.1, 0.15) is 11.1 Å². The third-order valence-corrected chi connectivity index (χ3v) is 4.63. The molecule has 0 radical (unpaired) electrons. The van der Waals surface area contributed by atoms with Gasteiger partial charge in [-0.2, -0.15) is 0 Å². The number of hydrogen-bond acceptors (Lipinski definition) is 3. The fourth-order valence-electron chi connectivity index (χ4n) is 2.17. The van der Waals surface area contributed by atoms with E-state index >= 15 is 0 Å². The quantitative estimate of drug-likeness (QED) is 0.740. The molecular weight excluding hydrogens is 288 g/mol. The minimum Gasteiger partial charge on any atom is -0.361 e. The molecule has 0 atom stereocenters. The van der Waals surface area contributed by atoms with Gasteiger partial charge in [-0.1, -0.05) is 58.8 Å². The summed E-state index contributed by atoms with van der Waals surface area (Å²) in [5, 5.41) is 5.08. The van der Waals surface area contributed by atoms with Gasteiger partial charge in [-0.15, -0.1) is 0 Å². The van der Waals surface area contributed by atoms with Crippen LogP contribution in [-0.4, -0.2) is 11.5 Å². The van der Waals surface area contributed by atoms with Gasteiger partial charge in [0.2, 0.25) is 0 Å². The second-order valence-electron chi connectivity index (χ2n) is 4.77. The number of anilines is 1. The van der Waals surface area contributed by atoms with Crippen molar-refractivity contribution < 1.29 is 0 Å². The first kappa shape index (κ1) is 13.4. The average molecular weight is 303 g/mol. The molecular formula is C16H15ClN2S. The Morgan fingerprint density at radius 2 is 2.05 bits per heavy atom. The lowest BCUT2D eigenvalue weighted by Crippen LogP contribution is -2.04. The third-order valence-electron chi connectivity index (χ3n) is 3.14. The van der Waals surface area contributed by atoms with Gasteiger partial charge in [0.15, 0.2) is 5.13 Å². The number of thiazole rings is 1. The molecule has 2 aromatic carbocycles. The van der Waals surface area contributed by atoms with Gasteiger partial charge in [0.05, 0.1) is 15.2 Å². The maximum absolute atomic E-state index is 6.16. The van der Waals surface area contributed by atoms with Crippen molar-refractivity contribution in [2.45, 2.75) is 13.3 Å². The minimum absolute atomic E-state index is 0.770. The normalized spacial score (nSPS) is 10.9. The number of nitrogens with zero attached hydrogens (tertiary/aromatic N) is 1. The van der Waals surface area contributed by atoms with Gasteiger partial charge in [0.25, 0.3) is 0 Å². The number of aryl methyl sites for hydroxylation is 1. The average Bonchev–Trinajstić information content (AvgIpc) is 2.83. The van der Waals surface area contributed by atoms with Gasteiger partial charge in [-0.05, 0) is 31.0 Å². The predicted octanol–water partition coefficient (Wildman–Crippen LogP) is 4.91. The molecule has 0 saturated heterocycles. The van der Waals surface area contributed by atoms with Crippen molar-refractivity contribution in [1.29, 1.82) is 0 Å². The van der Waals surface area contributed by atoms with Crippen LogP contribution in [0.15, 0.2) is 42.5 Å². The van der Waals surface area contributed by atoms with Crippen LogP contribution in [0.3, 0.4) is 0 Å². The van der Waals surface area contributed by atoms with Crippen molar-refractivity contribution >= 4 is 38.3 Å². The molecule has 2 nitrogen and oxygen atoms in total. The van der Waals surface area contributed by atoms with E-state index in [9.17, 15) is 0 Å². The number of aromatic nitrogens is 1. The Hall–Kier alpha value is -1.58. The van der Waals surface area contributed by atoms with Crippen molar-refractivity contribution in [2.24, 2.45) is 0 Å².